The number of aromatic amines is 1. The highest BCUT2D eigenvalue weighted by atomic mass is 16.5. The van der Waals surface area contributed by atoms with Crippen molar-refractivity contribution >= 4 is 16.8 Å². The molecule has 1 aliphatic heterocycles. The third-order valence-electron chi connectivity index (χ3n) is 4.78. The van der Waals surface area contributed by atoms with E-state index in [9.17, 15) is 9.59 Å². The molecule has 26 heavy (non-hydrogen) atoms. The fraction of sp³-hybridized carbons (Fsp3) is 0.250. The molecule has 1 atom stereocenters. The predicted molar refractivity (Wildman–Crippen MR) is 98.5 cm³/mol. The summed E-state index contributed by atoms with van der Waals surface area (Å²) in [6.45, 7) is 2.86. The second kappa shape index (κ2) is 6.63. The summed E-state index contributed by atoms with van der Waals surface area (Å²) in [7, 11) is 0. The molecule has 0 radical (unpaired) electrons. The number of rotatable bonds is 3. The molecule has 0 saturated carbocycles. The van der Waals surface area contributed by atoms with E-state index in [1.165, 1.54) is 0 Å². The third kappa shape index (κ3) is 2.94. The zero-order chi connectivity index (χ0) is 18.1. The minimum absolute atomic E-state index is 0.0822. The van der Waals surface area contributed by atoms with Crippen molar-refractivity contribution in [2.24, 2.45) is 0 Å². The van der Waals surface area contributed by atoms with Crippen LogP contribution >= 0.6 is 0 Å². The first-order valence-corrected chi connectivity index (χ1v) is 8.61. The van der Waals surface area contributed by atoms with E-state index in [0.717, 1.165) is 23.1 Å². The zero-order valence-corrected chi connectivity index (χ0v) is 14.4. The van der Waals surface area contributed by atoms with Crippen molar-refractivity contribution in [3.05, 3.63) is 70.3 Å². The van der Waals surface area contributed by atoms with Crippen molar-refractivity contribution in [2.75, 3.05) is 13.1 Å². The maximum Gasteiger partial charge on any atom is 0.261 e. The summed E-state index contributed by atoms with van der Waals surface area (Å²) < 4.78 is 5.90. The van der Waals surface area contributed by atoms with Gasteiger partial charge < -0.3 is 14.6 Å². The molecular weight excluding hydrogens is 330 g/mol. The van der Waals surface area contributed by atoms with Gasteiger partial charge in [-0.15, -0.1) is 0 Å². The molecule has 1 unspecified atom stereocenters. The quantitative estimate of drug-likeness (QED) is 0.788. The van der Waals surface area contributed by atoms with E-state index in [4.69, 9.17) is 4.74 Å². The summed E-state index contributed by atoms with van der Waals surface area (Å²) in [5.74, 6) is 0.495. The highest BCUT2D eigenvalue weighted by molar-refractivity contribution is 6.00. The van der Waals surface area contributed by atoms with E-state index in [1.807, 2.05) is 31.2 Å². The summed E-state index contributed by atoms with van der Waals surface area (Å²) in [6, 6.07) is 11.1. The van der Waals surface area contributed by atoms with Crippen molar-refractivity contribution in [2.45, 2.75) is 19.4 Å². The van der Waals surface area contributed by atoms with Crippen LogP contribution in [-0.2, 0) is 0 Å². The van der Waals surface area contributed by atoms with Crippen LogP contribution in [0.3, 0.4) is 0 Å². The van der Waals surface area contributed by atoms with Crippen LogP contribution in [0, 0.1) is 6.92 Å². The number of amides is 1. The van der Waals surface area contributed by atoms with Gasteiger partial charge in [-0.25, -0.2) is 0 Å². The molecule has 0 spiro atoms. The molecule has 0 aliphatic carbocycles. The number of ether oxygens (including phenoxy) is 1. The van der Waals surface area contributed by atoms with Crippen LogP contribution in [0.1, 0.15) is 22.3 Å². The molecule has 3 aromatic rings. The van der Waals surface area contributed by atoms with Gasteiger partial charge in [0, 0.05) is 36.3 Å². The molecule has 0 bridgehead atoms. The van der Waals surface area contributed by atoms with Crippen LogP contribution in [0.25, 0.3) is 10.9 Å². The average molecular weight is 349 g/mol. The lowest BCUT2D eigenvalue weighted by atomic mass is 10.0. The molecule has 1 aromatic carbocycles. The number of hydrogen-bond donors (Lipinski definition) is 1. The number of hydrogen-bond acceptors (Lipinski definition) is 4. The molecule has 1 aliphatic rings. The van der Waals surface area contributed by atoms with Crippen LogP contribution in [-0.4, -0.2) is 40.0 Å². The second-order valence-corrected chi connectivity index (χ2v) is 6.46. The molecule has 1 N–H and O–H groups in total. The summed E-state index contributed by atoms with van der Waals surface area (Å²) >= 11 is 0. The van der Waals surface area contributed by atoms with Crippen molar-refractivity contribution in [1.29, 1.82) is 0 Å². The Morgan fingerprint density at radius 3 is 2.81 bits per heavy atom. The van der Waals surface area contributed by atoms with Gasteiger partial charge in [0.2, 0.25) is 0 Å². The Bertz CT molecular complexity index is 1010. The van der Waals surface area contributed by atoms with E-state index < -0.39 is 0 Å². The number of nitrogens with one attached hydrogen (secondary N) is 1. The Morgan fingerprint density at radius 1 is 1.23 bits per heavy atom. The van der Waals surface area contributed by atoms with Crippen LogP contribution in [0.15, 0.2) is 53.6 Å². The lowest BCUT2D eigenvalue weighted by Gasteiger charge is -2.18. The third-order valence-corrected chi connectivity index (χ3v) is 4.78. The number of fused-ring (bicyclic) bond motifs is 1. The SMILES string of the molecule is Cc1c(C(=O)N2CCC(Oc3ccncc3)C2)c(=O)[nH]c2ccccc12. The number of aromatic nitrogens is 2. The lowest BCUT2D eigenvalue weighted by Crippen LogP contribution is -2.35. The molecular formula is C20H19N3O3. The fourth-order valence-corrected chi connectivity index (χ4v) is 3.44. The molecule has 1 fully saturated rings. The monoisotopic (exact) mass is 349 g/mol. The zero-order valence-electron chi connectivity index (χ0n) is 14.4. The molecule has 3 heterocycles. The average Bonchev–Trinajstić information content (AvgIpc) is 3.11. The molecule has 4 rings (SSSR count). The fourth-order valence-electron chi connectivity index (χ4n) is 3.44. The van der Waals surface area contributed by atoms with E-state index in [-0.39, 0.29) is 23.1 Å². The minimum atomic E-state index is -0.343. The Kier molecular flexibility index (Phi) is 4.16. The molecule has 6 heteroatoms. The van der Waals surface area contributed by atoms with Crippen molar-refractivity contribution < 1.29 is 9.53 Å². The lowest BCUT2D eigenvalue weighted by molar-refractivity contribution is 0.0770. The van der Waals surface area contributed by atoms with Crippen LogP contribution < -0.4 is 10.3 Å². The Hall–Kier alpha value is -3.15. The number of carbonyl (C=O) groups is 1. The van der Waals surface area contributed by atoms with E-state index >= 15 is 0 Å². The number of aryl methyl sites for hydroxylation is 1. The number of H-pyrrole nitrogens is 1. The van der Waals surface area contributed by atoms with E-state index in [2.05, 4.69) is 9.97 Å². The van der Waals surface area contributed by atoms with Gasteiger partial charge in [0.1, 0.15) is 17.4 Å². The first kappa shape index (κ1) is 16.3. The molecule has 2 aromatic heterocycles. The first-order chi connectivity index (χ1) is 12.6. The van der Waals surface area contributed by atoms with Gasteiger partial charge in [0.05, 0.1) is 6.54 Å². The van der Waals surface area contributed by atoms with Crippen LogP contribution in [0.5, 0.6) is 5.75 Å². The largest absolute Gasteiger partial charge is 0.488 e. The van der Waals surface area contributed by atoms with Crippen molar-refractivity contribution in [1.82, 2.24) is 14.9 Å². The molecule has 6 nitrogen and oxygen atoms in total. The number of pyridine rings is 2. The number of benzene rings is 1. The maximum absolute atomic E-state index is 13.0. The van der Waals surface area contributed by atoms with Crippen LogP contribution in [0.2, 0.25) is 0 Å². The van der Waals surface area contributed by atoms with Gasteiger partial charge in [-0.3, -0.25) is 14.6 Å². The summed E-state index contributed by atoms with van der Waals surface area (Å²) in [4.78, 5) is 33.9. The maximum atomic E-state index is 13.0. The smallest absolute Gasteiger partial charge is 0.261 e. The predicted octanol–water partition coefficient (Wildman–Crippen LogP) is 2.53. The normalized spacial score (nSPS) is 16.8. The Balaban J connectivity index is 1.57. The highest BCUT2D eigenvalue weighted by Gasteiger charge is 2.30. The van der Waals surface area contributed by atoms with Crippen LogP contribution in [0.4, 0.5) is 0 Å². The minimum Gasteiger partial charge on any atom is -0.488 e. The van der Waals surface area contributed by atoms with E-state index in [0.29, 0.717) is 18.7 Å². The highest BCUT2D eigenvalue weighted by Crippen LogP contribution is 2.22. The van der Waals surface area contributed by atoms with E-state index in [1.54, 1.807) is 29.4 Å². The Labute approximate surface area is 150 Å². The molecule has 132 valence electrons. The molecule has 1 amide bonds. The van der Waals surface area contributed by atoms with Gasteiger partial charge in [0.25, 0.3) is 11.5 Å². The van der Waals surface area contributed by atoms with Gasteiger partial charge in [-0.05, 0) is 30.7 Å². The van der Waals surface area contributed by atoms with Gasteiger partial charge in [-0.2, -0.15) is 0 Å². The number of nitrogens with zero attached hydrogens (tertiary/aromatic N) is 2. The standard InChI is InChI=1S/C20H19N3O3/c1-13-16-4-2-3-5-17(16)22-19(24)18(13)20(25)23-11-8-15(12-23)26-14-6-9-21-10-7-14/h2-7,9-10,15H,8,11-12H2,1H3,(H,22,24). The van der Waals surface area contributed by atoms with Crippen molar-refractivity contribution in [3.8, 4) is 5.75 Å². The van der Waals surface area contributed by atoms with Gasteiger partial charge >= 0.3 is 0 Å². The first-order valence-electron chi connectivity index (χ1n) is 8.61. The number of carbonyl (C=O) groups excluding carboxylic acids is 1. The topological polar surface area (TPSA) is 75.3 Å². The molecule has 1 saturated heterocycles. The van der Waals surface area contributed by atoms with Gasteiger partial charge in [-0.1, -0.05) is 18.2 Å². The summed E-state index contributed by atoms with van der Waals surface area (Å²) in [6.07, 6.45) is 4.00. The van der Waals surface area contributed by atoms with Gasteiger partial charge in [0.15, 0.2) is 0 Å². The summed E-state index contributed by atoms with van der Waals surface area (Å²) in [5.41, 5.74) is 1.33. The second-order valence-electron chi connectivity index (χ2n) is 6.46. The Morgan fingerprint density at radius 2 is 2.00 bits per heavy atom. The summed E-state index contributed by atoms with van der Waals surface area (Å²) in [5, 5.41) is 0.888. The number of para-hydroxylation sites is 1. The number of likely N-dealkylation sites (tertiary alicyclic amines) is 1. The van der Waals surface area contributed by atoms with Crippen molar-refractivity contribution in [3.63, 3.8) is 0 Å².